The fourth-order valence-corrected chi connectivity index (χ4v) is 3.12. The second-order valence-corrected chi connectivity index (χ2v) is 6.64. The normalized spacial score (nSPS) is 11.7. The molecule has 0 radical (unpaired) electrons. The second kappa shape index (κ2) is 4.72. The number of nitrogens with zero attached hydrogens (tertiary/aromatic N) is 1. The summed E-state index contributed by atoms with van der Waals surface area (Å²) in [5.41, 5.74) is 2.17. The predicted molar refractivity (Wildman–Crippen MR) is 80.3 cm³/mol. The zero-order chi connectivity index (χ0) is 14.2. The van der Waals surface area contributed by atoms with Crippen molar-refractivity contribution < 1.29 is 8.42 Å². The minimum absolute atomic E-state index is 0.308. The highest BCUT2D eigenvalue weighted by Gasteiger charge is 2.14. The van der Waals surface area contributed by atoms with Crippen LogP contribution >= 0.6 is 0 Å². The van der Waals surface area contributed by atoms with Gasteiger partial charge in [-0.2, -0.15) is 0 Å². The van der Waals surface area contributed by atoms with Crippen LogP contribution in [-0.2, 0) is 9.84 Å². The number of aromatic nitrogens is 1. The topological polar surface area (TPSA) is 47.0 Å². The first-order chi connectivity index (χ1) is 9.55. The molecule has 0 unspecified atom stereocenters. The number of fused-ring (bicyclic) bond motifs is 1. The largest absolute Gasteiger partial charge is 0.248 e. The van der Waals surface area contributed by atoms with Gasteiger partial charge in [0.2, 0.25) is 0 Å². The highest BCUT2D eigenvalue weighted by Crippen LogP contribution is 2.27. The van der Waals surface area contributed by atoms with Crippen LogP contribution in [0.15, 0.2) is 65.6 Å². The van der Waals surface area contributed by atoms with Gasteiger partial charge in [-0.25, -0.2) is 13.4 Å². The van der Waals surface area contributed by atoms with E-state index in [0.29, 0.717) is 16.2 Å². The fourth-order valence-electron chi connectivity index (χ4n) is 2.22. The van der Waals surface area contributed by atoms with Gasteiger partial charge in [0, 0.05) is 17.2 Å². The Hall–Kier alpha value is -2.20. The first kappa shape index (κ1) is 12.8. The number of rotatable bonds is 2. The molecule has 3 rings (SSSR count). The third-order valence-electron chi connectivity index (χ3n) is 3.16. The molecule has 1 aromatic heterocycles. The van der Waals surface area contributed by atoms with Crippen molar-refractivity contribution in [2.45, 2.75) is 4.90 Å². The van der Waals surface area contributed by atoms with E-state index in [1.807, 2.05) is 42.5 Å². The fraction of sp³-hybridized carbons (Fsp3) is 0.0625. The number of hydrogen-bond donors (Lipinski definition) is 0. The molecule has 3 nitrogen and oxygen atoms in total. The summed E-state index contributed by atoms with van der Waals surface area (Å²) >= 11 is 0. The smallest absolute Gasteiger partial charge is 0.176 e. The first-order valence-electron chi connectivity index (χ1n) is 6.21. The maximum Gasteiger partial charge on any atom is 0.176 e. The molecular formula is C16H13NO2S. The van der Waals surface area contributed by atoms with Crippen molar-refractivity contribution in [3.8, 4) is 11.3 Å². The summed E-state index contributed by atoms with van der Waals surface area (Å²) in [5, 5.41) is 1.04. The van der Waals surface area contributed by atoms with Crippen LogP contribution in [0.1, 0.15) is 0 Å². The van der Waals surface area contributed by atoms with Crippen LogP contribution in [0, 0.1) is 0 Å². The van der Waals surface area contributed by atoms with E-state index < -0.39 is 9.84 Å². The van der Waals surface area contributed by atoms with Gasteiger partial charge in [-0.3, -0.25) is 0 Å². The SMILES string of the molecule is CS(=O)(=O)c1ccccc1-c1ccc2ccccc2n1. The molecule has 0 bridgehead atoms. The lowest BCUT2D eigenvalue weighted by Crippen LogP contribution is -2.00. The lowest BCUT2D eigenvalue weighted by Gasteiger charge is -2.08. The third-order valence-corrected chi connectivity index (χ3v) is 4.32. The van der Waals surface area contributed by atoms with E-state index in [9.17, 15) is 8.42 Å². The van der Waals surface area contributed by atoms with Gasteiger partial charge in [0.15, 0.2) is 9.84 Å². The van der Waals surface area contributed by atoms with Crippen LogP contribution in [0.25, 0.3) is 22.2 Å². The molecule has 0 aliphatic rings. The average molecular weight is 283 g/mol. The predicted octanol–water partition coefficient (Wildman–Crippen LogP) is 3.31. The zero-order valence-corrected chi connectivity index (χ0v) is 11.8. The summed E-state index contributed by atoms with van der Waals surface area (Å²) in [5.74, 6) is 0. The van der Waals surface area contributed by atoms with E-state index in [2.05, 4.69) is 4.98 Å². The van der Waals surface area contributed by atoms with Crippen molar-refractivity contribution >= 4 is 20.7 Å². The van der Waals surface area contributed by atoms with Crippen molar-refractivity contribution in [2.75, 3.05) is 6.26 Å². The summed E-state index contributed by atoms with van der Waals surface area (Å²) < 4.78 is 23.7. The summed E-state index contributed by atoms with van der Waals surface area (Å²) in [4.78, 5) is 4.86. The molecule has 100 valence electrons. The van der Waals surface area contributed by atoms with E-state index in [1.165, 1.54) is 6.26 Å². The monoisotopic (exact) mass is 283 g/mol. The molecule has 4 heteroatoms. The Kier molecular flexibility index (Phi) is 3.03. The molecule has 0 N–H and O–H groups in total. The van der Waals surface area contributed by atoms with Crippen LogP contribution in [0.3, 0.4) is 0 Å². The van der Waals surface area contributed by atoms with Crippen molar-refractivity contribution in [1.82, 2.24) is 4.98 Å². The molecule has 0 saturated carbocycles. The van der Waals surface area contributed by atoms with Crippen LogP contribution < -0.4 is 0 Å². The summed E-state index contributed by atoms with van der Waals surface area (Å²) in [6.07, 6.45) is 1.22. The van der Waals surface area contributed by atoms with Crippen LogP contribution in [0.4, 0.5) is 0 Å². The summed E-state index contributed by atoms with van der Waals surface area (Å²) in [7, 11) is -3.27. The van der Waals surface area contributed by atoms with E-state index in [1.54, 1.807) is 18.2 Å². The number of sulfone groups is 1. The Morgan fingerprint density at radius 2 is 1.55 bits per heavy atom. The second-order valence-electron chi connectivity index (χ2n) is 4.66. The van der Waals surface area contributed by atoms with Gasteiger partial charge in [0.1, 0.15) is 0 Å². The molecule has 0 spiro atoms. The first-order valence-corrected chi connectivity index (χ1v) is 8.10. The Morgan fingerprint density at radius 1 is 0.850 bits per heavy atom. The molecule has 0 aliphatic heterocycles. The number of para-hydroxylation sites is 1. The van der Waals surface area contributed by atoms with Gasteiger partial charge < -0.3 is 0 Å². The maximum absolute atomic E-state index is 11.9. The Balaban J connectivity index is 2.26. The molecule has 3 aromatic rings. The van der Waals surface area contributed by atoms with E-state index in [0.717, 1.165) is 10.9 Å². The highest BCUT2D eigenvalue weighted by atomic mass is 32.2. The van der Waals surface area contributed by atoms with Crippen molar-refractivity contribution in [3.63, 3.8) is 0 Å². The molecule has 1 heterocycles. The number of pyridine rings is 1. The van der Waals surface area contributed by atoms with Crippen LogP contribution in [0.2, 0.25) is 0 Å². The van der Waals surface area contributed by atoms with Gasteiger partial charge in [-0.1, -0.05) is 42.5 Å². The Morgan fingerprint density at radius 3 is 2.35 bits per heavy atom. The van der Waals surface area contributed by atoms with Crippen molar-refractivity contribution in [1.29, 1.82) is 0 Å². The lowest BCUT2D eigenvalue weighted by molar-refractivity contribution is 0.602. The molecule has 0 amide bonds. The molecule has 0 aliphatic carbocycles. The van der Waals surface area contributed by atoms with Gasteiger partial charge >= 0.3 is 0 Å². The van der Waals surface area contributed by atoms with Crippen molar-refractivity contribution in [3.05, 3.63) is 60.7 Å². The molecule has 20 heavy (non-hydrogen) atoms. The molecular weight excluding hydrogens is 270 g/mol. The van der Waals surface area contributed by atoms with Gasteiger partial charge in [0.05, 0.1) is 16.1 Å². The van der Waals surface area contributed by atoms with Gasteiger partial charge in [-0.15, -0.1) is 0 Å². The van der Waals surface area contributed by atoms with E-state index in [4.69, 9.17) is 0 Å². The average Bonchev–Trinajstić information content (AvgIpc) is 2.46. The highest BCUT2D eigenvalue weighted by molar-refractivity contribution is 7.90. The zero-order valence-electron chi connectivity index (χ0n) is 10.9. The molecule has 2 aromatic carbocycles. The van der Waals surface area contributed by atoms with E-state index >= 15 is 0 Å². The quantitative estimate of drug-likeness (QED) is 0.725. The number of hydrogen-bond acceptors (Lipinski definition) is 3. The van der Waals surface area contributed by atoms with Crippen LogP contribution in [-0.4, -0.2) is 19.7 Å². The Bertz CT molecular complexity index is 886. The van der Waals surface area contributed by atoms with Crippen molar-refractivity contribution in [2.24, 2.45) is 0 Å². The molecule has 0 saturated heterocycles. The molecule has 0 fully saturated rings. The summed E-state index contributed by atoms with van der Waals surface area (Å²) in [6, 6.07) is 18.5. The minimum Gasteiger partial charge on any atom is -0.248 e. The van der Waals surface area contributed by atoms with Gasteiger partial charge in [-0.05, 0) is 18.2 Å². The van der Waals surface area contributed by atoms with Crippen LogP contribution in [0.5, 0.6) is 0 Å². The maximum atomic E-state index is 11.9. The van der Waals surface area contributed by atoms with E-state index in [-0.39, 0.29) is 0 Å². The summed E-state index contributed by atoms with van der Waals surface area (Å²) in [6.45, 7) is 0. The standard InChI is InChI=1S/C16H13NO2S/c1-20(18,19)16-9-5-3-7-13(16)15-11-10-12-6-2-4-8-14(12)17-15/h2-11H,1H3. The minimum atomic E-state index is -3.27. The third kappa shape index (κ3) is 2.30. The van der Waals surface area contributed by atoms with Gasteiger partial charge in [0.25, 0.3) is 0 Å². The Labute approximate surface area is 117 Å². The molecule has 0 atom stereocenters. The lowest BCUT2D eigenvalue weighted by atomic mass is 10.1. The number of benzene rings is 2.